The Labute approximate surface area is 166 Å². The molecule has 1 fully saturated rings. The number of hydrogen-bond acceptors (Lipinski definition) is 3. The van der Waals surface area contributed by atoms with Crippen LogP contribution in [0.15, 0.2) is 42.6 Å². The molecular formula is C23H28N2O3. The van der Waals surface area contributed by atoms with Crippen LogP contribution in [0.2, 0.25) is 0 Å². The highest BCUT2D eigenvalue weighted by atomic mass is 16.4. The molecule has 148 valence electrons. The highest BCUT2D eigenvalue weighted by molar-refractivity contribution is 5.85. The minimum atomic E-state index is -0.885. The summed E-state index contributed by atoms with van der Waals surface area (Å²) >= 11 is 0. The fourth-order valence-electron chi connectivity index (χ4n) is 3.97. The number of amides is 1. The summed E-state index contributed by atoms with van der Waals surface area (Å²) in [6, 6.07) is 11.5. The summed E-state index contributed by atoms with van der Waals surface area (Å²) in [6.45, 7) is 6.24. The van der Waals surface area contributed by atoms with E-state index in [1.54, 1.807) is 0 Å². The van der Waals surface area contributed by atoms with Crippen LogP contribution >= 0.6 is 0 Å². The summed E-state index contributed by atoms with van der Waals surface area (Å²) in [6.07, 6.45) is 3.80. The Morgan fingerprint density at radius 1 is 1.11 bits per heavy atom. The number of nitrogens with one attached hydrogen (secondary N) is 1. The van der Waals surface area contributed by atoms with Crippen LogP contribution in [0.5, 0.6) is 0 Å². The predicted molar refractivity (Wildman–Crippen MR) is 108 cm³/mol. The molecule has 2 N–H and O–H groups in total. The Morgan fingerprint density at radius 3 is 2.43 bits per heavy atom. The maximum atomic E-state index is 13.0. The average molecular weight is 380 g/mol. The Kier molecular flexibility index (Phi) is 6.12. The third-order valence-corrected chi connectivity index (χ3v) is 5.73. The summed E-state index contributed by atoms with van der Waals surface area (Å²) in [7, 11) is 0. The molecule has 1 heterocycles. The summed E-state index contributed by atoms with van der Waals surface area (Å²) in [5.74, 6) is -1.80. The number of carbonyl (C=O) groups excluding carboxylic acids is 1. The molecule has 2 aromatic rings. The van der Waals surface area contributed by atoms with Crippen LogP contribution in [0.4, 0.5) is 0 Å². The number of pyridine rings is 1. The average Bonchev–Trinajstić information content (AvgIpc) is 3.17. The number of carboxylic acids is 1. The van der Waals surface area contributed by atoms with Crippen molar-refractivity contribution in [1.29, 1.82) is 0 Å². The first kappa shape index (κ1) is 20.1. The van der Waals surface area contributed by atoms with E-state index in [9.17, 15) is 14.7 Å². The van der Waals surface area contributed by atoms with Crippen molar-refractivity contribution in [3.05, 3.63) is 65.0 Å². The SMILES string of the molecule is Cc1ccccc1[C@H](NC(=O)[C@@H]1CCC[C@@H]1C(=O)O)c1ccc(C(C)C)cn1. The zero-order valence-electron chi connectivity index (χ0n) is 16.7. The van der Waals surface area contributed by atoms with Gasteiger partial charge in [0.05, 0.1) is 23.6 Å². The second-order valence-corrected chi connectivity index (χ2v) is 7.95. The number of benzene rings is 1. The lowest BCUT2D eigenvalue weighted by molar-refractivity contribution is -0.146. The Hall–Kier alpha value is -2.69. The van der Waals surface area contributed by atoms with Crippen molar-refractivity contribution in [2.24, 2.45) is 11.8 Å². The monoisotopic (exact) mass is 380 g/mol. The molecule has 1 aromatic heterocycles. The van der Waals surface area contributed by atoms with E-state index >= 15 is 0 Å². The zero-order valence-corrected chi connectivity index (χ0v) is 16.7. The number of carbonyl (C=O) groups is 2. The Balaban J connectivity index is 1.92. The highest BCUT2D eigenvalue weighted by Crippen LogP contribution is 2.33. The molecule has 0 radical (unpaired) electrons. The van der Waals surface area contributed by atoms with Gasteiger partial charge in [-0.15, -0.1) is 0 Å². The normalized spacial score (nSPS) is 20.1. The van der Waals surface area contributed by atoms with Gasteiger partial charge in [0, 0.05) is 6.20 Å². The largest absolute Gasteiger partial charge is 0.481 e. The van der Waals surface area contributed by atoms with Crippen molar-refractivity contribution < 1.29 is 14.7 Å². The number of aromatic nitrogens is 1. The number of hydrogen-bond donors (Lipinski definition) is 2. The van der Waals surface area contributed by atoms with Crippen molar-refractivity contribution in [2.45, 2.75) is 52.0 Å². The van der Waals surface area contributed by atoms with Gasteiger partial charge in [0.15, 0.2) is 0 Å². The molecule has 0 bridgehead atoms. The van der Waals surface area contributed by atoms with Crippen LogP contribution < -0.4 is 5.32 Å². The summed E-state index contributed by atoms with van der Waals surface area (Å²) in [5, 5.41) is 12.5. The highest BCUT2D eigenvalue weighted by Gasteiger charge is 2.38. The molecule has 0 unspecified atom stereocenters. The van der Waals surface area contributed by atoms with Crippen LogP contribution in [0, 0.1) is 18.8 Å². The van der Waals surface area contributed by atoms with E-state index in [0.717, 1.165) is 28.8 Å². The van der Waals surface area contributed by atoms with E-state index in [1.165, 1.54) is 0 Å². The number of carboxylic acid groups (broad SMARTS) is 1. The Morgan fingerprint density at radius 2 is 1.82 bits per heavy atom. The van der Waals surface area contributed by atoms with Crippen molar-refractivity contribution >= 4 is 11.9 Å². The van der Waals surface area contributed by atoms with Crippen LogP contribution in [-0.2, 0) is 9.59 Å². The van der Waals surface area contributed by atoms with Gasteiger partial charge in [0.1, 0.15) is 0 Å². The topological polar surface area (TPSA) is 79.3 Å². The van der Waals surface area contributed by atoms with Crippen molar-refractivity contribution in [3.63, 3.8) is 0 Å². The van der Waals surface area contributed by atoms with Gasteiger partial charge in [-0.1, -0.05) is 50.6 Å². The molecule has 3 atom stereocenters. The third-order valence-electron chi connectivity index (χ3n) is 5.73. The van der Waals surface area contributed by atoms with Crippen LogP contribution in [0.25, 0.3) is 0 Å². The molecule has 3 rings (SSSR count). The molecule has 1 aliphatic carbocycles. The minimum Gasteiger partial charge on any atom is -0.481 e. The van der Waals surface area contributed by atoms with Gasteiger partial charge in [-0.25, -0.2) is 0 Å². The van der Waals surface area contributed by atoms with E-state index in [1.807, 2.05) is 49.5 Å². The smallest absolute Gasteiger partial charge is 0.307 e. The second kappa shape index (κ2) is 8.55. The fourth-order valence-corrected chi connectivity index (χ4v) is 3.97. The lowest BCUT2D eigenvalue weighted by atomic mass is 9.93. The van der Waals surface area contributed by atoms with Crippen LogP contribution in [0.1, 0.15) is 67.5 Å². The molecule has 1 aromatic carbocycles. The maximum absolute atomic E-state index is 13.0. The first-order chi connectivity index (χ1) is 13.4. The van der Waals surface area contributed by atoms with Gasteiger partial charge in [-0.2, -0.15) is 0 Å². The first-order valence-corrected chi connectivity index (χ1v) is 9.93. The summed E-state index contributed by atoms with van der Waals surface area (Å²) in [5.41, 5.74) is 3.94. The van der Waals surface area contributed by atoms with Crippen molar-refractivity contribution in [1.82, 2.24) is 10.3 Å². The van der Waals surface area contributed by atoms with Gasteiger partial charge in [0.2, 0.25) is 5.91 Å². The van der Waals surface area contributed by atoms with E-state index < -0.39 is 23.8 Å². The van der Waals surface area contributed by atoms with Gasteiger partial charge in [-0.3, -0.25) is 14.6 Å². The molecule has 0 saturated heterocycles. The fraction of sp³-hybridized carbons (Fsp3) is 0.435. The van der Waals surface area contributed by atoms with Gasteiger partial charge in [-0.05, 0) is 48.4 Å². The van der Waals surface area contributed by atoms with Gasteiger partial charge >= 0.3 is 5.97 Å². The summed E-state index contributed by atoms with van der Waals surface area (Å²) < 4.78 is 0. The molecule has 5 heteroatoms. The molecule has 28 heavy (non-hydrogen) atoms. The van der Waals surface area contributed by atoms with E-state index in [2.05, 4.69) is 24.1 Å². The van der Waals surface area contributed by atoms with Crippen molar-refractivity contribution in [3.8, 4) is 0 Å². The second-order valence-electron chi connectivity index (χ2n) is 7.95. The lowest BCUT2D eigenvalue weighted by Gasteiger charge is -2.24. The van der Waals surface area contributed by atoms with Crippen LogP contribution in [0.3, 0.4) is 0 Å². The molecule has 0 spiro atoms. The summed E-state index contributed by atoms with van der Waals surface area (Å²) in [4.78, 5) is 29.1. The quantitative estimate of drug-likeness (QED) is 0.786. The standard InChI is InChI=1S/C23H28N2O3/c1-14(2)16-11-12-20(24-13-16)21(17-8-5-4-7-15(17)3)25-22(26)18-9-6-10-19(18)23(27)28/h4-5,7-8,11-14,18-19,21H,6,9-10H2,1-3H3,(H,25,26)(H,27,28)/t18-,19+,21+/m1/s1. The molecular weight excluding hydrogens is 352 g/mol. The van der Waals surface area contributed by atoms with Gasteiger partial charge < -0.3 is 10.4 Å². The van der Waals surface area contributed by atoms with Crippen LogP contribution in [-0.4, -0.2) is 22.0 Å². The predicted octanol–water partition coefficient (Wildman–Crippen LogP) is 4.22. The van der Waals surface area contributed by atoms with E-state index in [-0.39, 0.29) is 5.91 Å². The number of aryl methyl sites for hydroxylation is 1. The molecule has 0 aliphatic heterocycles. The van der Waals surface area contributed by atoms with Gasteiger partial charge in [0.25, 0.3) is 0 Å². The molecule has 1 amide bonds. The molecule has 1 saturated carbocycles. The number of nitrogens with zero attached hydrogens (tertiary/aromatic N) is 1. The van der Waals surface area contributed by atoms with E-state index in [0.29, 0.717) is 18.8 Å². The number of aliphatic carboxylic acids is 1. The Bertz CT molecular complexity index is 845. The zero-order chi connectivity index (χ0) is 20.3. The minimum absolute atomic E-state index is 0.201. The van der Waals surface area contributed by atoms with E-state index in [4.69, 9.17) is 0 Å². The molecule has 5 nitrogen and oxygen atoms in total. The maximum Gasteiger partial charge on any atom is 0.307 e. The lowest BCUT2D eigenvalue weighted by Crippen LogP contribution is -2.38. The molecule has 1 aliphatic rings. The third kappa shape index (κ3) is 4.24. The van der Waals surface area contributed by atoms with Crippen molar-refractivity contribution in [2.75, 3.05) is 0 Å². The number of rotatable bonds is 6. The first-order valence-electron chi connectivity index (χ1n) is 9.93.